The van der Waals surface area contributed by atoms with Gasteiger partial charge in [0.1, 0.15) is 0 Å². The maximum Gasteiger partial charge on any atom is 1.00 e. The number of hydrogen-bond acceptors (Lipinski definition) is 5. The number of unbranched alkanes of at least 4 members (excludes halogenated alkanes) is 2. The van der Waals surface area contributed by atoms with Crippen molar-refractivity contribution in [3.05, 3.63) is 12.2 Å². The summed E-state index contributed by atoms with van der Waals surface area (Å²) >= 11 is 0. The standard InChI is InChI=1S/C12H21NO4.2Li/c1-2-3-4-5-6-7-8-13(9-11(14)15)10-12(16)17;;/h4-5H,2-3,6-10H2,1H3,(H,14,15)(H,16,17);;/q;2*+1/p-2/b5-4+;;. The molecule has 0 aromatic rings. The Balaban J connectivity index is -0.00000128. The van der Waals surface area contributed by atoms with Gasteiger partial charge in [0.25, 0.3) is 0 Å². The largest absolute Gasteiger partial charge is 1.00 e. The zero-order valence-corrected chi connectivity index (χ0v) is 12.2. The molecule has 0 saturated heterocycles. The fraction of sp³-hybridized carbons (Fsp3) is 0.667. The van der Waals surface area contributed by atoms with Gasteiger partial charge in [0.05, 0.1) is 11.9 Å². The number of nitrogens with zero attached hydrogens (tertiary/aromatic N) is 1. The van der Waals surface area contributed by atoms with Crippen molar-refractivity contribution >= 4 is 11.9 Å². The van der Waals surface area contributed by atoms with Gasteiger partial charge in [0.15, 0.2) is 0 Å². The van der Waals surface area contributed by atoms with Gasteiger partial charge in [-0.15, -0.1) is 0 Å². The molecule has 0 heterocycles. The Hall–Kier alpha value is -0.165. The van der Waals surface area contributed by atoms with Gasteiger partial charge in [-0.1, -0.05) is 25.5 Å². The molecular weight excluding hydrogens is 236 g/mol. The second-order valence-corrected chi connectivity index (χ2v) is 3.86. The van der Waals surface area contributed by atoms with Crippen LogP contribution in [0.4, 0.5) is 0 Å². The first-order valence-electron chi connectivity index (χ1n) is 5.83. The fourth-order valence-electron chi connectivity index (χ4n) is 1.41. The molecule has 0 atom stereocenters. The zero-order chi connectivity index (χ0) is 13.1. The smallest absolute Gasteiger partial charge is 0.549 e. The third-order valence-corrected chi connectivity index (χ3v) is 2.17. The molecule has 0 radical (unpaired) electrons. The van der Waals surface area contributed by atoms with Crippen LogP contribution >= 0.6 is 0 Å². The third kappa shape index (κ3) is 17.8. The fourth-order valence-corrected chi connectivity index (χ4v) is 1.41. The number of hydrogen-bond donors (Lipinski definition) is 0. The quantitative estimate of drug-likeness (QED) is 0.220. The van der Waals surface area contributed by atoms with Crippen molar-refractivity contribution in [2.24, 2.45) is 0 Å². The van der Waals surface area contributed by atoms with E-state index in [0.717, 1.165) is 25.7 Å². The molecule has 0 aliphatic carbocycles. The van der Waals surface area contributed by atoms with Gasteiger partial charge in [0, 0.05) is 13.1 Å². The molecule has 0 saturated carbocycles. The van der Waals surface area contributed by atoms with Crippen LogP contribution in [0.5, 0.6) is 0 Å². The number of carboxylic acid groups (broad SMARTS) is 2. The number of rotatable bonds is 10. The average Bonchev–Trinajstić information content (AvgIpc) is 2.21. The van der Waals surface area contributed by atoms with E-state index >= 15 is 0 Å². The molecule has 0 aliphatic heterocycles. The first-order chi connectivity index (χ1) is 8.06. The number of allylic oxidation sites excluding steroid dienone is 2. The maximum atomic E-state index is 10.4. The number of carboxylic acids is 2. The van der Waals surface area contributed by atoms with Crippen molar-refractivity contribution in [1.82, 2.24) is 4.90 Å². The van der Waals surface area contributed by atoms with E-state index in [1.807, 2.05) is 6.08 Å². The summed E-state index contributed by atoms with van der Waals surface area (Å²) in [6.07, 6.45) is 7.76. The monoisotopic (exact) mass is 255 g/mol. The van der Waals surface area contributed by atoms with E-state index in [0.29, 0.717) is 6.54 Å². The predicted molar refractivity (Wildman–Crippen MR) is 59.7 cm³/mol. The normalized spacial score (nSPS) is 10.0. The summed E-state index contributed by atoms with van der Waals surface area (Å²) in [6.45, 7) is 1.77. The first-order valence-corrected chi connectivity index (χ1v) is 5.83. The van der Waals surface area contributed by atoms with Crippen LogP contribution in [0.2, 0.25) is 0 Å². The second-order valence-electron chi connectivity index (χ2n) is 3.86. The van der Waals surface area contributed by atoms with Gasteiger partial charge in [0.2, 0.25) is 0 Å². The van der Waals surface area contributed by atoms with Crippen LogP contribution < -0.4 is 47.9 Å². The topological polar surface area (TPSA) is 83.5 Å². The van der Waals surface area contributed by atoms with Gasteiger partial charge >= 0.3 is 37.7 Å². The molecule has 5 nitrogen and oxygen atoms in total. The molecule has 0 spiro atoms. The van der Waals surface area contributed by atoms with Crippen molar-refractivity contribution in [3.8, 4) is 0 Å². The van der Waals surface area contributed by atoms with Crippen LogP contribution in [0.1, 0.15) is 32.6 Å². The molecular formula is C12H19Li2NO4. The summed E-state index contributed by atoms with van der Waals surface area (Å²) < 4.78 is 0. The molecule has 0 bridgehead atoms. The van der Waals surface area contributed by atoms with Crippen molar-refractivity contribution in [3.63, 3.8) is 0 Å². The number of carbonyl (C=O) groups is 2. The van der Waals surface area contributed by atoms with Crippen LogP contribution in [-0.4, -0.2) is 36.5 Å². The minimum absolute atomic E-state index is 0. The van der Waals surface area contributed by atoms with Crippen molar-refractivity contribution in [2.75, 3.05) is 19.6 Å². The number of aliphatic carboxylic acids is 2. The average molecular weight is 255 g/mol. The first kappa shape index (κ1) is 23.9. The van der Waals surface area contributed by atoms with Gasteiger partial charge in [-0.3, -0.25) is 4.90 Å². The predicted octanol–water partition coefficient (Wildman–Crippen LogP) is -7.07. The van der Waals surface area contributed by atoms with Crippen molar-refractivity contribution < 1.29 is 57.5 Å². The van der Waals surface area contributed by atoms with E-state index in [1.165, 1.54) is 4.90 Å². The van der Waals surface area contributed by atoms with Crippen LogP contribution in [0.15, 0.2) is 12.2 Å². The van der Waals surface area contributed by atoms with Crippen LogP contribution in [0.3, 0.4) is 0 Å². The Bertz CT molecular complexity index is 256. The molecule has 0 unspecified atom stereocenters. The Morgan fingerprint density at radius 3 is 1.89 bits per heavy atom. The van der Waals surface area contributed by atoms with E-state index in [-0.39, 0.29) is 50.8 Å². The summed E-state index contributed by atoms with van der Waals surface area (Å²) in [5, 5.41) is 20.8. The van der Waals surface area contributed by atoms with Crippen molar-refractivity contribution in [2.45, 2.75) is 32.6 Å². The Morgan fingerprint density at radius 1 is 1.00 bits per heavy atom. The van der Waals surface area contributed by atoms with E-state index in [4.69, 9.17) is 0 Å². The Labute approximate surface area is 138 Å². The molecule has 0 fully saturated rings. The van der Waals surface area contributed by atoms with E-state index in [2.05, 4.69) is 13.0 Å². The molecule has 0 amide bonds. The van der Waals surface area contributed by atoms with Gasteiger partial charge < -0.3 is 19.8 Å². The molecule has 98 valence electrons. The molecule has 0 aromatic carbocycles. The Morgan fingerprint density at radius 2 is 1.47 bits per heavy atom. The summed E-state index contributed by atoms with van der Waals surface area (Å²) in [4.78, 5) is 22.1. The molecule has 7 heteroatoms. The third-order valence-electron chi connectivity index (χ3n) is 2.17. The molecule has 19 heavy (non-hydrogen) atoms. The summed E-state index contributed by atoms with van der Waals surface area (Å²) in [6, 6.07) is 0. The second kappa shape index (κ2) is 15.9. The molecule has 0 aromatic heterocycles. The molecule has 0 rings (SSSR count). The van der Waals surface area contributed by atoms with Crippen LogP contribution in [-0.2, 0) is 9.59 Å². The summed E-state index contributed by atoms with van der Waals surface area (Å²) in [7, 11) is 0. The minimum atomic E-state index is -1.27. The van der Waals surface area contributed by atoms with Crippen molar-refractivity contribution in [1.29, 1.82) is 0 Å². The van der Waals surface area contributed by atoms with Crippen LogP contribution in [0.25, 0.3) is 0 Å². The summed E-state index contributed by atoms with van der Waals surface area (Å²) in [5.41, 5.74) is 0. The minimum Gasteiger partial charge on any atom is -0.549 e. The van der Waals surface area contributed by atoms with E-state index < -0.39 is 11.9 Å². The van der Waals surface area contributed by atoms with Gasteiger partial charge in [-0.2, -0.15) is 0 Å². The van der Waals surface area contributed by atoms with E-state index in [9.17, 15) is 19.8 Å². The Kier molecular flexibility index (Phi) is 20.0. The maximum absolute atomic E-state index is 10.4. The molecule has 0 N–H and O–H groups in total. The molecule has 0 aliphatic rings. The summed E-state index contributed by atoms with van der Waals surface area (Å²) in [5.74, 6) is -2.54. The zero-order valence-electron chi connectivity index (χ0n) is 12.2. The van der Waals surface area contributed by atoms with E-state index in [1.54, 1.807) is 0 Å². The van der Waals surface area contributed by atoms with Gasteiger partial charge in [-0.25, -0.2) is 0 Å². The van der Waals surface area contributed by atoms with Crippen LogP contribution in [0, 0.1) is 0 Å². The SMILES string of the molecule is CCC/C=C/CCCN(CC(=O)[O-])CC(=O)[O-].[Li+].[Li+]. The van der Waals surface area contributed by atoms with Gasteiger partial charge in [-0.05, 0) is 25.8 Å². The number of carbonyl (C=O) groups excluding carboxylic acids is 2.